The van der Waals surface area contributed by atoms with Crippen molar-refractivity contribution in [3.8, 4) is 0 Å². The lowest BCUT2D eigenvalue weighted by Gasteiger charge is -2.43. The van der Waals surface area contributed by atoms with Crippen molar-refractivity contribution in [2.45, 2.75) is 72.1 Å². The monoisotopic (exact) mass is 396 g/mol. The van der Waals surface area contributed by atoms with Crippen LogP contribution in [0.1, 0.15) is 91.9 Å². The summed E-state index contributed by atoms with van der Waals surface area (Å²) in [7, 11) is 0. The van der Waals surface area contributed by atoms with E-state index >= 15 is 0 Å². The molecule has 1 aliphatic carbocycles. The molecule has 1 heterocycles. The van der Waals surface area contributed by atoms with Crippen LogP contribution >= 0.6 is 11.3 Å². The fourth-order valence-electron chi connectivity index (χ4n) is 4.29. The number of rotatable bonds is 4. The topological polar surface area (TPSA) is 26.3 Å². The van der Waals surface area contributed by atoms with Crippen molar-refractivity contribution >= 4 is 29.0 Å². The molecule has 28 heavy (non-hydrogen) atoms. The highest BCUT2D eigenvalue weighted by molar-refractivity contribution is 7.11. The van der Waals surface area contributed by atoms with Crippen LogP contribution in [0.4, 0.5) is 0 Å². The van der Waals surface area contributed by atoms with E-state index in [0.29, 0.717) is 12.2 Å². The van der Waals surface area contributed by atoms with Crippen molar-refractivity contribution < 1.29 is 9.53 Å². The maximum absolute atomic E-state index is 12.0. The number of carbonyl (C=O) groups is 1. The normalized spacial score (nSPS) is 17.9. The molecule has 0 bridgehead atoms. The highest BCUT2D eigenvalue weighted by atomic mass is 32.1. The molecule has 2 aromatic rings. The standard InChI is InChI=1S/C25H32O2S/c1-8-27-23(26)18-14-19(28-15-18)13-17(3)20-11-16(2)12-21-22(20)25(6,7)10-9-24(21,4)5/h11-15H,8-10H2,1-7H3/b17-13+. The summed E-state index contributed by atoms with van der Waals surface area (Å²) < 4.78 is 5.12. The Balaban J connectivity index is 2.08. The van der Waals surface area contributed by atoms with Gasteiger partial charge in [0.1, 0.15) is 0 Å². The van der Waals surface area contributed by atoms with Gasteiger partial charge in [-0.1, -0.05) is 45.4 Å². The summed E-state index contributed by atoms with van der Waals surface area (Å²) in [6.45, 7) is 16.1. The first-order chi connectivity index (χ1) is 13.0. The summed E-state index contributed by atoms with van der Waals surface area (Å²) in [5.41, 5.74) is 7.89. The lowest BCUT2D eigenvalue weighted by molar-refractivity contribution is 0.0527. The molecule has 2 nitrogen and oxygen atoms in total. The third-order valence-corrected chi connectivity index (χ3v) is 6.86. The number of thiophene rings is 1. The van der Waals surface area contributed by atoms with Crippen molar-refractivity contribution in [1.29, 1.82) is 0 Å². The first-order valence-corrected chi connectivity index (χ1v) is 11.0. The number of fused-ring (bicyclic) bond motifs is 1. The summed E-state index contributed by atoms with van der Waals surface area (Å²) in [5, 5.41) is 1.88. The van der Waals surface area contributed by atoms with E-state index in [1.54, 1.807) is 11.3 Å². The number of hydrogen-bond acceptors (Lipinski definition) is 3. The van der Waals surface area contributed by atoms with Crippen LogP contribution in [0.2, 0.25) is 0 Å². The molecule has 0 unspecified atom stereocenters. The largest absolute Gasteiger partial charge is 0.462 e. The van der Waals surface area contributed by atoms with Gasteiger partial charge in [-0.2, -0.15) is 0 Å². The van der Waals surface area contributed by atoms with Gasteiger partial charge in [-0.05, 0) is 78.8 Å². The molecule has 0 amide bonds. The lowest BCUT2D eigenvalue weighted by atomic mass is 9.61. The number of aryl methyl sites for hydroxylation is 1. The second-order valence-electron chi connectivity index (χ2n) is 9.29. The molecule has 0 saturated heterocycles. The van der Waals surface area contributed by atoms with Crippen molar-refractivity contribution in [2.24, 2.45) is 0 Å². The molecule has 0 aliphatic heterocycles. The zero-order valence-electron chi connectivity index (χ0n) is 18.2. The van der Waals surface area contributed by atoms with Crippen LogP contribution in [-0.2, 0) is 15.6 Å². The van der Waals surface area contributed by atoms with Crippen molar-refractivity contribution in [1.82, 2.24) is 0 Å². The highest BCUT2D eigenvalue weighted by Crippen LogP contribution is 2.48. The zero-order chi connectivity index (χ0) is 20.7. The Bertz CT molecular complexity index is 928. The number of benzene rings is 1. The Kier molecular flexibility index (Phi) is 5.60. The van der Waals surface area contributed by atoms with Crippen LogP contribution in [0, 0.1) is 6.92 Å². The summed E-state index contributed by atoms with van der Waals surface area (Å²) in [5.74, 6) is -0.244. The van der Waals surface area contributed by atoms with Crippen LogP contribution < -0.4 is 0 Å². The van der Waals surface area contributed by atoms with E-state index < -0.39 is 0 Å². The average Bonchev–Trinajstić information content (AvgIpc) is 3.07. The molecular formula is C25H32O2S. The Morgan fingerprint density at radius 1 is 1.14 bits per heavy atom. The van der Waals surface area contributed by atoms with Crippen LogP contribution in [0.5, 0.6) is 0 Å². The van der Waals surface area contributed by atoms with Gasteiger partial charge in [0.25, 0.3) is 0 Å². The summed E-state index contributed by atoms with van der Waals surface area (Å²) >= 11 is 1.59. The van der Waals surface area contributed by atoms with E-state index in [0.717, 1.165) is 4.88 Å². The highest BCUT2D eigenvalue weighted by Gasteiger charge is 2.38. The molecule has 0 atom stereocenters. The van der Waals surface area contributed by atoms with Crippen molar-refractivity contribution in [3.63, 3.8) is 0 Å². The molecule has 150 valence electrons. The van der Waals surface area contributed by atoms with Gasteiger partial charge in [0.2, 0.25) is 0 Å². The lowest BCUT2D eigenvalue weighted by Crippen LogP contribution is -2.35. The molecule has 0 spiro atoms. The van der Waals surface area contributed by atoms with Crippen LogP contribution in [0.25, 0.3) is 11.6 Å². The summed E-state index contributed by atoms with van der Waals surface area (Å²) in [6, 6.07) is 6.65. The number of carbonyl (C=O) groups excluding carboxylic acids is 1. The smallest absolute Gasteiger partial charge is 0.338 e. The van der Waals surface area contributed by atoms with E-state index in [-0.39, 0.29) is 16.8 Å². The summed E-state index contributed by atoms with van der Waals surface area (Å²) in [6.07, 6.45) is 4.62. The van der Waals surface area contributed by atoms with E-state index in [1.807, 2.05) is 18.4 Å². The van der Waals surface area contributed by atoms with Gasteiger partial charge in [-0.15, -0.1) is 11.3 Å². The Morgan fingerprint density at radius 3 is 2.50 bits per heavy atom. The van der Waals surface area contributed by atoms with E-state index in [4.69, 9.17) is 4.74 Å². The Morgan fingerprint density at radius 2 is 1.82 bits per heavy atom. The first-order valence-electron chi connectivity index (χ1n) is 10.1. The van der Waals surface area contributed by atoms with Gasteiger partial charge in [0.15, 0.2) is 0 Å². The summed E-state index contributed by atoms with van der Waals surface area (Å²) in [4.78, 5) is 13.1. The van der Waals surface area contributed by atoms with Gasteiger partial charge in [0.05, 0.1) is 12.2 Å². The maximum Gasteiger partial charge on any atom is 0.338 e. The van der Waals surface area contributed by atoms with Crippen LogP contribution in [-0.4, -0.2) is 12.6 Å². The van der Waals surface area contributed by atoms with Crippen molar-refractivity contribution in [2.75, 3.05) is 6.61 Å². The molecule has 1 aliphatic rings. The average molecular weight is 397 g/mol. The minimum atomic E-state index is -0.244. The third kappa shape index (κ3) is 3.96. The van der Waals surface area contributed by atoms with E-state index in [1.165, 1.54) is 40.7 Å². The Labute approximate surface area is 173 Å². The molecule has 3 rings (SSSR count). The molecular weight excluding hydrogens is 364 g/mol. The SMILES string of the molecule is CCOC(=O)c1csc(/C=C(\C)c2cc(C)cc3c2C(C)(C)CCC3(C)C)c1. The first kappa shape index (κ1) is 20.9. The van der Waals surface area contributed by atoms with Crippen LogP contribution in [0.15, 0.2) is 23.6 Å². The second kappa shape index (κ2) is 7.51. The molecule has 1 aromatic heterocycles. The van der Waals surface area contributed by atoms with Crippen LogP contribution in [0.3, 0.4) is 0 Å². The van der Waals surface area contributed by atoms with Gasteiger partial charge < -0.3 is 4.74 Å². The molecule has 0 radical (unpaired) electrons. The van der Waals surface area contributed by atoms with Gasteiger partial charge >= 0.3 is 5.97 Å². The predicted octanol–water partition coefficient (Wildman–Crippen LogP) is 7.14. The maximum atomic E-state index is 12.0. The van der Waals surface area contributed by atoms with Gasteiger partial charge in [-0.3, -0.25) is 0 Å². The fraction of sp³-hybridized carbons (Fsp3) is 0.480. The second-order valence-corrected chi connectivity index (χ2v) is 10.2. The molecule has 0 saturated carbocycles. The third-order valence-electron chi connectivity index (χ3n) is 5.98. The van der Waals surface area contributed by atoms with Gasteiger partial charge in [0, 0.05) is 10.3 Å². The quantitative estimate of drug-likeness (QED) is 0.513. The number of ether oxygens (including phenoxy) is 1. The number of allylic oxidation sites excluding steroid dienone is 1. The predicted molar refractivity (Wildman–Crippen MR) is 120 cm³/mol. The molecule has 3 heteroatoms. The Hall–Kier alpha value is -1.87. The van der Waals surface area contributed by atoms with E-state index in [2.05, 4.69) is 59.8 Å². The number of esters is 1. The van der Waals surface area contributed by atoms with E-state index in [9.17, 15) is 4.79 Å². The van der Waals surface area contributed by atoms with Gasteiger partial charge in [-0.25, -0.2) is 4.79 Å². The fourth-order valence-corrected chi connectivity index (χ4v) is 5.15. The van der Waals surface area contributed by atoms with Crippen molar-refractivity contribution in [3.05, 3.63) is 56.3 Å². The number of hydrogen-bond donors (Lipinski definition) is 0. The minimum Gasteiger partial charge on any atom is -0.462 e. The zero-order valence-corrected chi connectivity index (χ0v) is 19.0. The molecule has 0 N–H and O–H groups in total. The molecule has 1 aromatic carbocycles. The minimum absolute atomic E-state index is 0.161. The molecule has 0 fully saturated rings.